The Kier molecular flexibility index (Phi) is 2.89. The summed E-state index contributed by atoms with van der Waals surface area (Å²) in [5.74, 6) is 0. The topological polar surface area (TPSA) is 53.0 Å². The number of anilines is 1. The van der Waals surface area contributed by atoms with Crippen LogP contribution in [0.25, 0.3) is 0 Å². The van der Waals surface area contributed by atoms with Crippen molar-refractivity contribution in [3.05, 3.63) is 29.8 Å². The molecule has 0 aliphatic carbocycles. The van der Waals surface area contributed by atoms with Crippen molar-refractivity contribution in [3.63, 3.8) is 0 Å². The van der Waals surface area contributed by atoms with Crippen molar-refractivity contribution in [2.75, 3.05) is 18.0 Å². The summed E-state index contributed by atoms with van der Waals surface area (Å²) in [6.07, 6.45) is 2.20. The molecule has 1 aliphatic heterocycles. The Morgan fingerprint density at radius 1 is 1.40 bits per heavy atom. The molecule has 3 heteroatoms. The van der Waals surface area contributed by atoms with Gasteiger partial charge in [-0.25, -0.2) is 0 Å². The van der Waals surface area contributed by atoms with E-state index in [1.165, 1.54) is 0 Å². The van der Waals surface area contributed by atoms with Crippen LogP contribution in [0.3, 0.4) is 0 Å². The van der Waals surface area contributed by atoms with E-state index in [0.717, 1.165) is 37.2 Å². The number of benzene rings is 1. The molecule has 0 bridgehead atoms. The van der Waals surface area contributed by atoms with Crippen LogP contribution in [-0.4, -0.2) is 19.1 Å². The Balaban J connectivity index is 2.25. The highest BCUT2D eigenvalue weighted by molar-refractivity contribution is 5.59. The van der Waals surface area contributed by atoms with Crippen LogP contribution in [0.15, 0.2) is 24.3 Å². The molecule has 78 valence electrons. The van der Waals surface area contributed by atoms with Crippen LogP contribution in [0.1, 0.15) is 18.4 Å². The first-order valence-corrected chi connectivity index (χ1v) is 5.31. The molecule has 1 aromatic carbocycles. The zero-order valence-corrected chi connectivity index (χ0v) is 8.69. The van der Waals surface area contributed by atoms with Gasteiger partial charge in [-0.05, 0) is 25.0 Å². The highest BCUT2D eigenvalue weighted by atomic mass is 15.1. The number of nitrogens with two attached hydrogens (primary N) is 1. The Bertz CT molecular complexity index is 381. The first kappa shape index (κ1) is 10.0. The fourth-order valence-electron chi connectivity index (χ4n) is 2.07. The summed E-state index contributed by atoms with van der Waals surface area (Å²) in [5, 5.41) is 9.01. The van der Waals surface area contributed by atoms with Gasteiger partial charge in [0.2, 0.25) is 0 Å². The second-order valence-electron chi connectivity index (χ2n) is 3.98. The Labute approximate surface area is 90.1 Å². The average Bonchev–Trinajstić information content (AvgIpc) is 2.29. The van der Waals surface area contributed by atoms with E-state index in [1.54, 1.807) is 0 Å². The van der Waals surface area contributed by atoms with Gasteiger partial charge in [0.1, 0.15) is 6.07 Å². The normalized spacial score (nSPS) is 21.1. The molecular formula is C12H15N3. The molecule has 0 radical (unpaired) electrons. The minimum Gasteiger partial charge on any atom is -0.369 e. The fraction of sp³-hybridized carbons (Fsp3) is 0.417. The summed E-state index contributed by atoms with van der Waals surface area (Å²) in [5.41, 5.74) is 7.69. The minimum absolute atomic E-state index is 0.241. The summed E-state index contributed by atoms with van der Waals surface area (Å²) < 4.78 is 0. The lowest BCUT2D eigenvalue weighted by Crippen LogP contribution is -2.43. The SMILES string of the molecule is N#Cc1ccccc1N1CCC[C@H](N)C1. The maximum absolute atomic E-state index is 9.01. The second kappa shape index (κ2) is 4.33. The molecule has 1 fully saturated rings. The molecule has 2 rings (SSSR count). The molecule has 1 saturated heterocycles. The third-order valence-electron chi connectivity index (χ3n) is 2.82. The maximum Gasteiger partial charge on any atom is 0.101 e. The molecule has 0 aromatic heterocycles. The number of rotatable bonds is 1. The standard InChI is InChI=1S/C12H15N3/c13-8-10-4-1-2-6-12(10)15-7-3-5-11(14)9-15/h1-2,4,6,11H,3,5,7,9,14H2/t11-/m0/s1. The van der Waals surface area contributed by atoms with Crippen molar-refractivity contribution >= 4 is 5.69 Å². The Morgan fingerprint density at radius 2 is 2.20 bits per heavy atom. The first-order valence-electron chi connectivity index (χ1n) is 5.31. The minimum atomic E-state index is 0.241. The molecule has 0 amide bonds. The highest BCUT2D eigenvalue weighted by Gasteiger charge is 2.18. The van der Waals surface area contributed by atoms with Gasteiger partial charge in [0.05, 0.1) is 11.3 Å². The molecule has 0 saturated carbocycles. The van der Waals surface area contributed by atoms with E-state index >= 15 is 0 Å². The molecule has 1 aromatic rings. The van der Waals surface area contributed by atoms with E-state index in [-0.39, 0.29) is 6.04 Å². The molecule has 1 heterocycles. The first-order chi connectivity index (χ1) is 7.31. The lowest BCUT2D eigenvalue weighted by atomic mass is 10.0. The molecule has 0 spiro atoms. The van der Waals surface area contributed by atoms with Gasteiger partial charge in [0.25, 0.3) is 0 Å². The number of piperidine rings is 1. The second-order valence-corrected chi connectivity index (χ2v) is 3.98. The van der Waals surface area contributed by atoms with Crippen LogP contribution in [0.2, 0.25) is 0 Å². The van der Waals surface area contributed by atoms with Crippen LogP contribution < -0.4 is 10.6 Å². The summed E-state index contributed by atoms with van der Waals surface area (Å²) in [6, 6.07) is 10.2. The molecular weight excluding hydrogens is 186 g/mol. The average molecular weight is 201 g/mol. The van der Waals surface area contributed by atoms with Gasteiger partial charge in [-0.2, -0.15) is 5.26 Å². The molecule has 2 N–H and O–H groups in total. The summed E-state index contributed by atoms with van der Waals surface area (Å²) in [4.78, 5) is 2.22. The van der Waals surface area contributed by atoms with Gasteiger partial charge in [-0.15, -0.1) is 0 Å². The molecule has 0 unspecified atom stereocenters. The largest absolute Gasteiger partial charge is 0.369 e. The van der Waals surface area contributed by atoms with Crippen molar-refractivity contribution in [1.82, 2.24) is 0 Å². The van der Waals surface area contributed by atoms with Crippen molar-refractivity contribution in [3.8, 4) is 6.07 Å². The fourth-order valence-corrected chi connectivity index (χ4v) is 2.07. The Morgan fingerprint density at radius 3 is 2.93 bits per heavy atom. The number of hydrogen-bond donors (Lipinski definition) is 1. The lowest BCUT2D eigenvalue weighted by Gasteiger charge is -2.33. The number of nitriles is 1. The van der Waals surface area contributed by atoms with Crippen LogP contribution >= 0.6 is 0 Å². The van der Waals surface area contributed by atoms with E-state index in [1.807, 2.05) is 24.3 Å². The van der Waals surface area contributed by atoms with Gasteiger partial charge >= 0.3 is 0 Å². The predicted octanol–water partition coefficient (Wildman–Crippen LogP) is 1.49. The van der Waals surface area contributed by atoms with Crippen LogP contribution in [-0.2, 0) is 0 Å². The van der Waals surface area contributed by atoms with Crippen molar-refractivity contribution < 1.29 is 0 Å². The zero-order chi connectivity index (χ0) is 10.7. The van der Waals surface area contributed by atoms with E-state index in [0.29, 0.717) is 0 Å². The lowest BCUT2D eigenvalue weighted by molar-refractivity contribution is 0.506. The predicted molar refractivity (Wildman–Crippen MR) is 60.6 cm³/mol. The highest BCUT2D eigenvalue weighted by Crippen LogP contribution is 2.22. The number of nitrogens with zero attached hydrogens (tertiary/aromatic N) is 2. The molecule has 15 heavy (non-hydrogen) atoms. The molecule has 1 aliphatic rings. The molecule has 3 nitrogen and oxygen atoms in total. The summed E-state index contributed by atoms with van der Waals surface area (Å²) in [7, 11) is 0. The van der Waals surface area contributed by atoms with E-state index in [2.05, 4.69) is 11.0 Å². The number of hydrogen-bond acceptors (Lipinski definition) is 3. The maximum atomic E-state index is 9.01. The van der Waals surface area contributed by atoms with Gasteiger partial charge in [-0.1, -0.05) is 12.1 Å². The van der Waals surface area contributed by atoms with Gasteiger partial charge in [-0.3, -0.25) is 0 Å². The van der Waals surface area contributed by atoms with Crippen LogP contribution in [0, 0.1) is 11.3 Å². The summed E-state index contributed by atoms with van der Waals surface area (Å²) >= 11 is 0. The van der Waals surface area contributed by atoms with Crippen LogP contribution in [0.5, 0.6) is 0 Å². The van der Waals surface area contributed by atoms with E-state index in [4.69, 9.17) is 11.0 Å². The molecule has 1 atom stereocenters. The third-order valence-corrected chi connectivity index (χ3v) is 2.82. The summed E-state index contributed by atoms with van der Waals surface area (Å²) in [6.45, 7) is 1.87. The zero-order valence-electron chi connectivity index (χ0n) is 8.69. The van der Waals surface area contributed by atoms with E-state index in [9.17, 15) is 0 Å². The van der Waals surface area contributed by atoms with Crippen molar-refractivity contribution in [2.45, 2.75) is 18.9 Å². The van der Waals surface area contributed by atoms with Crippen molar-refractivity contribution in [2.24, 2.45) is 5.73 Å². The third kappa shape index (κ3) is 2.11. The smallest absolute Gasteiger partial charge is 0.101 e. The van der Waals surface area contributed by atoms with Gasteiger partial charge in [0.15, 0.2) is 0 Å². The quantitative estimate of drug-likeness (QED) is 0.749. The number of para-hydroxylation sites is 1. The van der Waals surface area contributed by atoms with Gasteiger partial charge in [0, 0.05) is 19.1 Å². The van der Waals surface area contributed by atoms with Gasteiger partial charge < -0.3 is 10.6 Å². The monoisotopic (exact) mass is 201 g/mol. The Hall–Kier alpha value is -1.53. The van der Waals surface area contributed by atoms with E-state index < -0.39 is 0 Å². The van der Waals surface area contributed by atoms with Crippen LogP contribution in [0.4, 0.5) is 5.69 Å². The van der Waals surface area contributed by atoms with Crippen molar-refractivity contribution in [1.29, 1.82) is 5.26 Å².